The number of pyridine rings is 1. The Balaban J connectivity index is 1.85. The standard InChI is InChI=1S/C15H22N4O3/c1-11(2)21-10-13(20)8-19(3)9-14-17-15(18-22-14)12-5-4-6-16-7-12/h4-7,11,13,20H,8-10H2,1-3H3. The highest BCUT2D eigenvalue weighted by molar-refractivity contribution is 5.51. The highest BCUT2D eigenvalue weighted by atomic mass is 16.5. The summed E-state index contributed by atoms with van der Waals surface area (Å²) in [6.45, 7) is 5.12. The number of ether oxygens (including phenoxy) is 1. The van der Waals surface area contributed by atoms with Crippen LogP contribution in [0.15, 0.2) is 29.0 Å². The van der Waals surface area contributed by atoms with Gasteiger partial charge in [0.2, 0.25) is 11.7 Å². The molecule has 2 aromatic heterocycles. The number of likely N-dealkylation sites (N-methyl/N-ethyl adjacent to an activating group) is 1. The Bertz CT molecular complexity index is 559. The molecule has 2 rings (SSSR count). The van der Waals surface area contributed by atoms with Crippen molar-refractivity contribution in [1.29, 1.82) is 0 Å². The van der Waals surface area contributed by atoms with E-state index in [1.165, 1.54) is 0 Å². The first-order chi connectivity index (χ1) is 10.5. The summed E-state index contributed by atoms with van der Waals surface area (Å²) in [4.78, 5) is 10.3. The predicted molar refractivity (Wildman–Crippen MR) is 81.0 cm³/mol. The Kier molecular flexibility index (Phi) is 6.00. The molecule has 0 aromatic carbocycles. The molecule has 1 N–H and O–H groups in total. The zero-order valence-electron chi connectivity index (χ0n) is 13.1. The highest BCUT2D eigenvalue weighted by Crippen LogP contribution is 2.14. The summed E-state index contributed by atoms with van der Waals surface area (Å²) < 4.78 is 10.6. The van der Waals surface area contributed by atoms with Crippen LogP contribution in [0.5, 0.6) is 0 Å². The third-order valence-corrected chi connectivity index (χ3v) is 2.94. The summed E-state index contributed by atoms with van der Waals surface area (Å²) in [5.41, 5.74) is 0.811. The van der Waals surface area contributed by atoms with Crippen molar-refractivity contribution in [3.05, 3.63) is 30.4 Å². The molecule has 0 fully saturated rings. The Labute approximate surface area is 129 Å². The fourth-order valence-corrected chi connectivity index (χ4v) is 1.94. The second-order valence-corrected chi connectivity index (χ2v) is 5.49. The SMILES string of the molecule is CC(C)OCC(O)CN(C)Cc1nc(-c2cccnc2)no1. The van der Waals surface area contributed by atoms with Gasteiger partial charge in [0, 0.05) is 24.5 Å². The Morgan fingerprint density at radius 3 is 2.91 bits per heavy atom. The molecule has 0 amide bonds. The molecule has 22 heavy (non-hydrogen) atoms. The second kappa shape index (κ2) is 7.98. The molecule has 7 nitrogen and oxygen atoms in total. The van der Waals surface area contributed by atoms with Crippen LogP contribution in [-0.2, 0) is 11.3 Å². The number of aromatic nitrogens is 3. The number of rotatable bonds is 8. The predicted octanol–water partition coefficient (Wildman–Crippen LogP) is 1.35. The summed E-state index contributed by atoms with van der Waals surface area (Å²) in [6, 6.07) is 3.70. The third-order valence-electron chi connectivity index (χ3n) is 2.94. The zero-order chi connectivity index (χ0) is 15.9. The molecular formula is C15H22N4O3. The Hall–Kier alpha value is -1.83. The van der Waals surface area contributed by atoms with Crippen molar-refractivity contribution in [2.45, 2.75) is 32.6 Å². The number of hydrogen-bond acceptors (Lipinski definition) is 7. The van der Waals surface area contributed by atoms with Crippen molar-refractivity contribution in [3.8, 4) is 11.4 Å². The van der Waals surface area contributed by atoms with Crippen LogP contribution in [0.1, 0.15) is 19.7 Å². The molecule has 1 unspecified atom stereocenters. The third kappa shape index (κ3) is 5.18. The van der Waals surface area contributed by atoms with Gasteiger partial charge >= 0.3 is 0 Å². The van der Waals surface area contributed by atoms with Gasteiger partial charge in [-0.2, -0.15) is 4.98 Å². The van der Waals surface area contributed by atoms with Crippen molar-refractivity contribution >= 4 is 0 Å². The fraction of sp³-hybridized carbons (Fsp3) is 0.533. The van der Waals surface area contributed by atoms with Crippen molar-refractivity contribution in [2.24, 2.45) is 0 Å². The minimum absolute atomic E-state index is 0.109. The molecule has 0 aliphatic heterocycles. The number of aliphatic hydroxyl groups is 1. The van der Waals surface area contributed by atoms with Crippen LogP contribution in [0.3, 0.4) is 0 Å². The van der Waals surface area contributed by atoms with Crippen molar-refractivity contribution in [2.75, 3.05) is 20.2 Å². The van der Waals surface area contributed by atoms with Gasteiger partial charge in [-0.25, -0.2) is 0 Å². The van der Waals surface area contributed by atoms with Crippen molar-refractivity contribution < 1.29 is 14.4 Å². The Morgan fingerprint density at radius 1 is 1.41 bits per heavy atom. The van der Waals surface area contributed by atoms with Gasteiger partial charge in [-0.05, 0) is 33.0 Å². The van der Waals surface area contributed by atoms with Crippen LogP contribution in [0.25, 0.3) is 11.4 Å². The number of aliphatic hydroxyl groups excluding tert-OH is 1. The summed E-state index contributed by atoms with van der Waals surface area (Å²) in [5.74, 6) is 1.01. The highest BCUT2D eigenvalue weighted by Gasteiger charge is 2.14. The van der Waals surface area contributed by atoms with Gasteiger partial charge < -0.3 is 14.4 Å². The molecule has 0 saturated carbocycles. The van der Waals surface area contributed by atoms with Gasteiger partial charge in [-0.3, -0.25) is 9.88 Å². The quantitative estimate of drug-likeness (QED) is 0.788. The smallest absolute Gasteiger partial charge is 0.241 e. The monoisotopic (exact) mass is 306 g/mol. The van der Waals surface area contributed by atoms with Crippen LogP contribution < -0.4 is 0 Å². The molecule has 1 atom stereocenters. The summed E-state index contributed by atoms with van der Waals surface area (Å²) in [5, 5.41) is 13.8. The van der Waals surface area contributed by atoms with Crippen LogP contribution in [0.2, 0.25) is 0 Å². The Morgan fingerprint density at radius 2 is 2.23 bits per heavy atom. The van der Waals surface area contributed by atoms with E-state index in [9.17, 15) is 5.11 Å². The second-order valence-electron chi connectivity index (χ2n) is 5.49. The van der Waals surface area contributed by atoms with Gasteiger partial charge in [0.05, 0.1) is 25.4 Å². The van der Waals surface area contributed by atoms with Gasteiger partial charge in [0.25, 0.3) is 0 Å². The molecule has 0 spiro atoms. The van der Waals surface area contributed by atoms with Gasteiger partial charge in [0.1, 0.15) is 0 Å². The maximum absolute atomic E-state index is 9.89. The lowest BCUT2D eigenvalue weighted by Crippen LogP contribution is -2.32. The van der Waals surface area contributed by atoms with E-state index in [0.717, 1.165) is 5.56 Å². The van der Waals surface area contributed by atoms with E-state index in [1.807, 2.05) is 37.9 Å². The maximum atomic E-state index is 9.89. The molecule has 0 aliphatic carbocycles. The average molecular weight is 306 g/mol. The van der Waals surface area contributed by atoms with E-state index < -0.39 is 6.10 Å². The lowest BCUT2D eigenvalue weighted by atomic mass is 10.3. The van der Waals surface area contributed by atoms with E-state index in [1.54, 1.807) is 12.4 Å². The van der Waals surface area contributed by atoms with Crippen molar-refractivity contribution in [3.63, 3.8) is 0 Å². The zero-order valence-corrected chi connectivity index (χ0v) is 13.1. The molecule has 120 valence electrons. The molecule has 2 aromatic rings. The van der Waals surface area contributed by atoms with Crippen LogP contribution >= 0.6 is 0 Å². The molecule has 7 heteroatoms. The molecule has 0 bridgehead atoms. The molecular weight excluding hydrogens is 284 g/mol. The lowest BCUT2D eigenvalue weighted by Gasteiger charge is -2.19. The fourth-order valence-electron chi connectivity index (χ4n) is 1.94. The van der Waals surface area contributed by atoms with E-state index in [0.29, 0.717) is 31.4 Å². The summed E-state index contributed by atoms with van der Waals surface area (Å²) >= 11 is 0. The van der Waals surface area contributed by atoms with Gasteiger partial charge in [-0.15, -0.1) is 0 Å². The van der Waals surface area contributed by atoms with E-state index in [4.69, 9.17) is 9.26 Å². The molecule has 0 radical (unpaired) electrons. The minimum atomic E-state index is -0.548. The molecule has 2 heterocycles. The van der Waals surface area contributed by atoms with E-state index in [-0.39, 0.29) is 6.10 Å². The number of hydrogen-bond donors (Lipinski definition) is 1. The summed E-state index contributed by atoms with van der Waals surface area (Å²) in [7, 11) is 1.88. The topological polar surface area (TPSA) is 84.5 Å². The molecule has 0 aliphatic rings. The van der Waals surface area contributed by atoms with Gasteiger partial charge in [-0.1, -0.05) is 5.16 Å². The number of nitrogens with zero attached hydrogens (tertiary/aromatic N) is 4. The van der Waals surface area contributed by atoms with E-state index >= 15 is 0 Å². The normalized spacial score (nSPS) is 13.0. The van der Waals surface area contributed by atoms with Crippen molar-refractivity contribution in [1.82, 2.24) is 20.0 Å². The lowest BCUT2D eigenvalue weighted by molar-refractivity contribution is -0.00719. The average Bonchev–Trinajstić information content (AvgIpc) is 2.94. The minimum Gasteiger partial charge on any atom is -0.389 e. The summed E-state index contributed by atoms with van der Waals surface area (Å²) in [6.07, 6.45) is 2.94. The van der Waals surface area contributed by atoms with Crippen LogP contribution in [-0.4, -0.2) is 57.5 Å². The first-order valence-electron chi connectivity index (χ1n) is 7.25. The first-order valence-corrected chi connectivity index (χ1v) is 7.25. The van der Waals surface area contributed by atoms with Gasteiger partial charge in [0.15, 0.2) is 0 Å². The first kappa shape index (κ1) is 16.5. The van der Waals surface area contributed by atoms with Crippen LogP contribution in [0.4, 0.5) is 0 Å². The van der Waals surface area contributed by atoms with Crippen LogP contribution in [0, 0.1) is 0 Å². The largest absolute Gasteiger partial charge is 0.389 e. The molecule has 0 saturated heterocycles. The maximum Gasteiger partial charge on any atom is 0.241 e. The van der Waals surface area contributed by atoms with E-state index in [2.05, 4.69) is 15.1 Å².